The molecule has 0 amide bonds. The van der Waals surface area contributed by atoms with Crippen LogP contribution in [0.2, 0.25) is 0 Å². The Morgan fingerprint density at radius 3 is 2.84 bits per heavy atom. The zero-order chi connectivity index (χ0) is 18.0. The summed E-state index contributed by atoms with van der Waals surface area (Å²) in [4.78, 5) is 42.7. The molecule has 4 atom stereocenters. The maximum atomic E-state index is 12.2. The number of nitrogens with one attached hydrogen (secondary N) is 1. The maximum absolute atomic E-state index is 12.2. The van der Waals surface area contributed by atoms with E-state index in [1.54, 1.807) is 6.92 Å². The van der Waals surface area contributed by atoms with Crippen molar-refractivity contribution in [2.45, 2.75) is 31.5 Å². The lowest BCUT2D eigenvalue weighted by atomic mass is 10.1. The van der Waals surface area contributed by atoms with Gasteiger partial charge < -0.3 is 28.9 Å². The van der Waals surface area contributed by atoms with Crippen molar-refractivity contribution in [2.75, 3.05) is 18.7 Å². The summed E-state index contributed by atoms with van der Waals surface area (Å²) in [6.45, 7) is 1.32. The predicted octanol–water partition coefficient (Wildman–Crippen LogP) is -0.463. The van der Waals surface area contributed by atoms with E-state index in [0.717, 1.165) is 4.57 Å². The molecule has 2 saturated heterocycles. The zero-order valence-corrected chi connectivity index (χ0v) is 13.0. The quantitative estimate of drug-likeness (QED) is 0.521. The molecule has 2 aliphatic heterocycles. The van der Waals surface area contributed by atoms with Gasteiger partial charge in [0.05, 0.1) is 13.2 Å². The molecule has 1 aromatic heterocycles. The molecule has 0 radical (unpaired) electrons. The smallest absolute Gasteiger partial charge is 0.433 e. The minimum Gasteiger partial charge on any atom is -0.433 e. The predicted molar refractivity (Wildman–Crippen MR) is 76.4 cm³/mol. The molecule has 1 aromatic rings. The number of aliphatic hydroxyl groups excluding tert-OH is 1. The lowest BCUT2D eigenvalue weighted by Crippen LogP contribution is -2.34. The first-order chi connectivity index (χ1) is 12.0. The first kappa shape index (κ1) is 17.0. The summed E-state index contributed by atoms with van der Waals surface area (Å²) in [5.74, 6) is -0.0396. The number of hydrogen-bond donors (Lipinski definition) is 2. The molecule has 2 aliphatic rings. The largest absolute Gasteiger partial charge is 0.533 e. The Bertz CT molecular complexity index is 721. The van der Waals surface area contributed by atoms with Gasteiger partial charge >= 0.3 is 18.0 Å². The molecule has 2 N–H and O–H groups in total. The van der Waals surface area contributed by atoms with Crippen molar-refractivity contribution in [3.8, 4) is 0 Å². The van der Waals surface area contributed by atoms with Crippen LogP contribution in [-0.4, -0.2) is 58.5 Å². The molecule has 12 nitrogen and oxygen atoms in total. The Morgan fingerprint density at radius 1 is 1.40 bits per heavy atom. The molecule has 0 spiro atoms. The van der Waals surface area contributed by atoms with E-state index in [0.29, 0.717) is 0 Å². The van der Waals surface area contributed by atoms with Crippen molar-refractivity contribution < 1.29 is 38.5 Å². The molecule has 3 heterocycles. The first-order valence-electron chi connectivity index (χ1n) is 7.36. The number of hydrogen-bond acceptors (Lipinski definition) is 11. The van der Waals surface area contributed by atoms with Gasteiger partial charge in [-0.25, -0.2) is 14.4 Å². The SMILES string of the molecule is CCOC(=O)ONc1ccn([C@@H]2O[C@H](CO)[C@H]3OC(=O)O[C@H]32)c(=O)n1. The van der Waals surface area contributed by atoms with Crippen LogP contribution in [0.15, 0.2) is 17.1 Å². The lowest BCUT2D eigenvalue weighted by Gasteiger charge is -2.17. The number of ether oxygens (including phenoxy) is 4. The van der Waals surface area contributed by atoms with Crippen molar-refractivity contribution in [3.63, 3.8) is 0 Å². The average molecular weight is 357 g/mol. The Hall–Kier alpha value is -2.86. The topological polar surface area (TPSA) is 147 Å². The fourth-order valence-electron chi connectivity index (χ4n) is 2.50. The van der Waals surface area contributed by atoms with Crippen LogP contribution >= 0.6 is 0 Å². The molecule has 0 aliphatic carbocycles. The summed E-state index contributed by atoms with van der Waals surface area (Å²) >= 11 is 0. The number of anilines is 1. The highest BCUT2D eigenvalue weighted by atomic mass is 16.8. The van der Waals surface area contributed by atoms with Crippen LogP contribution in [0.3, 0.4) is 0 Å². The van der Waals surface area contributed by atoms with E-state index >= 15 is 0 Å². The fraction of sp³-hybridized carbons (Fsp3) is 0.538. The van der Waals surface area contributed by atoms with Crippen molar-refractivity contribution in [2.24, 2.45) is 0 Å². The molecular weight excluding hydrogens is 342 g/mol. The third-order valence-electron chi connectivity index (χ3n) is 3.54. The Labute approximate surface area is 140 Å². The third-order valence-corrected chi connectivity index (χ3v) is 3.54. The van der Waals surface area contributed by atoms with Crippen molar-refractivity contribution in [1.29, 1.82) is 0 Å². The Balaban J connectivity index is 1.74. The highest BCUT2D eigenvalue weighted by molar-refractivity contribution is 5.63. The van der Waals surface area contributed by atoms with Crippen LogP contribution < -0.4 is 11.2 Å². The van der Waals surface area contributed by atoms with Gasteiger partial charge in [0.25, 0.3) is 0 Å². The lowest BCUT2D eigenvalue weighted by molar-refractivity contribution is -0.0735. The number of nitrogens with zero attached hydrogens (tertiary/aromatic N) is 2. The normalized spacial score (nSPS) is 27.2. The molecule has 2 fully saturated rings. The van der Waals surface area contributed by atoms with E-state index < -0.39 is 49.1 Å². The van der Waals surface area contributed by atoms with Crippen LogP contribution in [-0.2, 0) is 23.8 Å². The highest BCUT2D eigenvalue weighted by Crippen LogP contribution is 2.36. The van der Waals surface area contributed by atoms with Gasteiger partial charge in [-0.15, -0.1) is 0 Å². The maximum Gasteiger partial charge on any atom is 0.533 e. The number of aliphatic hydroxyl groups is 1. The van der Waals surface area contributed by atoms with Crippen LogP contribution in [0.5, 0.6) is 0 Å². The van der Waals surface area contributed by atoms with E-state index in [2.05, 4.69) is 20.0 Å². The summed E-state index contributed by atoms with van der Waals surface area (Å²) in [6.07, 6.45) is -4.11. The van der Waals surface area contributed by atoms with Crippen molar-refractivity contribution >= 4 is 18.1 Å². The summed E-state index contributed by atoms with van der Waals surface area (Å²) in [5, 5.41) is 9.30. The molecule has 0 bridgehead atoms. The summed E-state index contributed by atoms with van der Waals surface area (Å²) < 4.78 is 21.0. The van der Waals surface area contributed by atoms with E-state index in [1.165, 1.54) is 12.3 Å². The molecule has 0 unspecified atom stereocenters. The van der Waals surface area contributed by atoms with Crippen LogP contribution in [0, 0.1) is 0 Å². The van der Waals surface area contributed by atoms with Gasteiger partial charge in [-0.2, -0.15) is 10.5 Å². The van der Waals surface area contributed by atoms with E-state index in [9.17, 15) is 19.5 Å². The summed E-state index contributed by atoms with van der Waals surface area (Å²) in [5.41, 5.74) is 1.41. The van der Waals surface area contributed by atoms with Crippen molar-refractivity contribution in [3.05, 3.63) is 22.7 Å². The number of rotatable bonds is 5. The van der Waals surface area contributed by atoms with Gasteiger partial charge in [-0.05, 0) is 6.92 Å². The Kier molecular flexibility index (Phi) is 4.72. The minimum absolute atomic E-state index is 0.0396. The average Bonchev–Trinajstić information content (AvgIpc) is 3.11. The first-order valence-corrected chi connectivity index (χ1v) is 7.36. The standard InChI is InChI=1S/C13H15N3O9/c1-2-21-12(19)25-15-7-3-4-16(11(18)14-7)10-9-8(6(5-17)22-10)23-13(20)24-9/h3-4,6,8-10,17H,2,5H2,1H3,(H,14,15,18)/t6-,8-,9-,10-/m1/s1. The Morgan fingerprint density at radius 2 is 2.16 bits per heavy atom. The highest BCUT2D eigenvalue weighted by Gasteiger charge is 2.55. The summed E-state index contributed by atoms with van der Waals surface area (Å²) in [7, 11) is 0. The fourth-order valence-corrected chi connectivity index (χ4v) is 2.50. The minimum atomic E-state index is -1.01. The molecule has 136 valence electrons. The van der Waals surface area contributed by atoms with E-state index in [1.807, 2.05) is 0 Å². The second-order valence-corrected chi connectivity index (χ2v) is 5.05. The van der Waals surface area contributed by atoms with Gasteiger partial charge in [0.1, 0.15) is 6.10 Å². The molecule has 0 aromatic carbocycles. The van der Waals surface area contributed by atoms with Crippen LogP contribution in [0.25, 0.3) is 0 Å². The number of carbonyl (C=O) groups is 2. The molecule has 25 heavy (non-hydrogen) atoms. The van der Waals surface area contributed by atoms with Gasteiger partial charge in [0.2, 0.25) is 0 Å². The molecule has 0 saturated carbocycles. The monoisotopic (exact) mass is 357 g/mol. The molecular formula is C13H15N3O9. The zero-order valence-electron chi connectivity index (χ0n) is 13.0. The molecule has 3 rings (SSSR count). The summed E-state index contributed by atoms with van der Waals surface area (Å²) in [6, 6.07) is 1.34. The van der Waals surface area contributed by atoms with Gasteiger partial charge in [0.15, 0.2) is 24.3 Å². The van der Waals surface area contributed by atoms with E-state index in [-0.39, 0.29) is 12.4 Å². The number of fused-ring (bicyclic) bond motifs is 1. The van der Waals surface area contributed by atoms with Gasteiger partial charge in [-0.3, -0.25) is 4.57 Å². The second-order valence-electron chi connectivity index (χ2n) is 5.05. The second kappa shape index (κ2) is 6.94. The van der Waals surface area contributed by atoms with E-state index in [4.69, 9.17) is 14.2 Å². The number of aromatic nitrogens is 2. The molecule has 12 heteroatoms. The van der Waals surface area contributed by atoms with Crippen LogP contribution in [0.4, 0.5) is 15.4 Å². The number of carbonyl (C=O) groups excluding carboxylic acids is 2. The van der Waals surface area contributed by atoms with Gasteiger partial charge in [0, 0.05) is 12.3 Å². The third kappa shape index (κ3) is 3.34. The van der Waals surface area contributed by atoms with Crippen LogP contribution in [0.1, 0.15) is 13.2 Å². The van der Waals surface area contributed by atoms with Crippen molar-refractivity contribution in [1.82, 2.24) is 9.55 Å². The van der Waals surface area contributed by atoms with Gasteiger partial charge in [-0.1, -0.05) is 0 Å².